The summed E-state index contributed by atoms with van der Waals surface area (Å²) in [7, 11) is -3.18. The number of hydrogen-bond acceptors (Lipinski definition) is 5. The molecule has 11 heteroatoms. The van der Waals surface area contributed by atoms with E-state index in [-0.39, 0.29) is 12.4 Å². The highest BCUT2D eigenvalue weighted by molar-refractivity contribution is 7.89. The Bertz CT molecular complexity index is 719. The van der Waals surface area contributed by atoms with Gasteiger partial charge in [0.25, 0.3) is 0 Å². The van der Waals surface area contributed by atoms with Crippen molar-refractivity contribution < 1.29 is 31.1 Å². The first kappa shape index (κ1) is 21.7. The first-order chi connectivity index (χ1) is 11.1. The van der Waals surface area contributed by atoms with E-state index in [1.54, 1.807) is 0 Å². The lowest BCUT2D eigenvalue weighted by atomic mass is 10.1. The number of methoxy groups -OCH3 is 1. The van der Waals surface area contributed by atoms with Gasteiger partial charge in [0.1, 0.15) is 0 Å². The topological polar surface area (TPSA) is 84.5 Å². The van der Waals surface area contributed by atoms with Crippen molar-refractivity contribution in [1.29, 1.82) is 0 Å². The molecule has 0 saturated carbocycles. The first-order valence-electron chi connectivity index (χ1n) is 7.18. The summed E-state index contributed by atoms with van der Waals surface area (Å²) < 4.78 is 70.7. The van der Waals surface area contributed by atoms with Crippen molar-refractivity contribution in [3.8, 4) is 0 Å². The fraction of sp³-hybridized carbons (Fsp3) is 0.500. The SMILES string of the molecule is COC(=O)c1ccc(S(=O)(=O)NC2CCCNC2)cc1C(F)(F)F.Cl. The van der Waals surface area contributed by atoms with Crippen molar-refractivity contribution in [2.24, 2.45) is 0 Å². The van der Waals surface area contributed by atoms with Crippen LogP contribution in [0.15, 0.2) is 23.1 Å². The molecule has 0 amide bonds. The Balaban J connectivity index is 0.00000312. The first-order valence-corrected chi connectivity index (χ1v) is 8.66. The third-order valence-electron chi connectivity index (χ3n) is 3.63. The molecule has 1 aromatic rings. The van der Waals surface area contributed by atoms with Gasteiger partial charge < -0.3 is 10.1 Å². The number of esters is 1. The molecule has 142 valence electrons. The molecule has 0 aliphatic carbocycles. The van der Waals surface area contributed by atoms with Crippen molar-refractivity contribution in [1.82, 2.24) is 10.0 Å². The number of halogens is 4. The van der Waals surface area contributed by atoms with E-state index in [4.69, 9.17) is 0 Å². The normalized spacial score (nSPS) is 18.3. The van der Waals surface area contributed by atoms with Gasteiger partial charge in [-0.1, -0.05) is 0 Å². The molecule has 2 N–H and O–H groups in total. The van der Waals surface area contributed by atoms with Gasteiger partial charge in [0.15, 0.2) is 0 Å². The smallest absolute Gasteiger partial charge is 0.417 e. The van der Waals surface area contributed by atoms with Crippen LogP contribution in [0.1, 0.15) is 28.8 Å². The van der Waals surface area contributed by atoms with Crippen LogP contribution in [0, 0.1) is 0 Å². The maximum Gasteiger partial charge on any atom is 0.417 e. The maximum atomic E-state index is 13.1. The zero-order valence-corrected chi connectivity index (χ0v) is 14.9. The minimum atomic E-state index is -4.89. The van der Waals surface area contributed by atoms with Crippen LogP contribution in [-0.2, 0) is 20.9 Å². The van der Waals surface area contributed by atoms with Gasteiger partial charge in [-0.3, -0.25) is 0 Å². The zero-order valence-electron chi connectivity index (χ0n) is 13.2. The van der Waals surface area contributed by atoms with E-state index in [1.165, 1.54) is 0 Å². The Labute approximate surface area is 149 Å². The summed E-state index contributed by atoms with van der Waals surface area (Å²) in [5.74, 6) is -1.18. The van der Waals surface area contributed by atoms with Crippen LogP contribution in [0.3, 0.4) is 0 Å². The van der Waals surface area contributed by atoms with E-state index in [1.807, 2.05) is 0 Å². The summed E-state index contributed by atoms with van der Waals surface area (Å²) in [4.78, 5) is 10.9. The third-order valence-corrected chi connectivity index (χ3v) is 5.15. The lowest BCUT2D eigenvalue weighted by molar-refractivity contribution is -0.138. The Morgan fingerprint density at radius 3 is 2.56 bits per heavy atom. The molecule has 1 heterocycles. The van der Waals surface area contributed by atoms with Gasteiger partial charge in [0.2, 0.25) is 10.0 Å². The van der Waals surface area contributed by atoms with Gasteiger partial charge in [-0.25, -0.2) is 17.9 Å². The number of ether oxygens (including phenoxy) is 1. The number of nitrogens with one attached hydrogen (secondary N) is 2. The molecule has 0 bridgehead atoms. The summed E-state index contributed by atoms with van der Waals surface area (Å²) in [6, 6.07) is 1.83. The minimum absolute atomic E-state index is 0. The molecule has 2 rings (SSSR count). The molecule has 1 aliphatic rings. The summed E-state index contributed by atoms with van der Waals surface area (Å²) in [6.07, 6.45) is -3.53. The van der Waals surface area contributed by atoms with Crippen LogP contribution < -0.4 is 10.0 Å². The second-order valence-corrected chi connectivity index (χ2v) is 7.08. The molecule has 1 fully saturated rings. The highest BCUT2D eigenvalue weighted by Crippen LogP contribution is 2.34. The predicted molar refractivity (Wildman–Crippen MR) is 86.2 cm³/mol. The van der Waals surface area contributed by atoms with Crippen molar-refractivity contribution >= 4 is 28.4 Å². The minimum Gasteiger partial charge on any atom is -0.465 e. The summed E-state index contributed by atoms with van der Waals surface area (Å²) in [5.41, 5.74) is -2.08. The van der Waals surface area contributed by atoms with Crippen LogP contribution in [-0.4, -0.2) is 40.6 Å². The van der Waals surface area contributed by atoms with E-state index in [0.29, 0.717) is 19.0 Å². The Kier molecular flexibility index (Phi) is 7.24. The van der Waals surface area contributed by atoms with Crippen molar-refractivity contribution in [3.05, 3.63) is 29.3 Å². The van der Waals surface area contributed by atoms with Gasteiger partial charge in [-0.2, -0.15) is 13.2 Å². The van der Waals surface area contributed by atoms with E-state index in [0.717, 1.165) is 32.2 Å². The van der Waals surface area contributed by atoms with Crippen LogP contribution in [0.2, 0.25) is 0 Å². The van der Waals surface area contributed by atoms with Crippen molar-refractivity contribution in [3.63, 3.8) is 0 Å². The van der Waals surface area contributed by atoms with Gasteiger partial charge in [0.05, 0.1) is 23.1 Å². The number of sulfonamides is 1. The Hall–Kier alpha value is -1.36. The van der Waals surface area contributed by atoms with Gasteiger partial charge >= 0.3 is 12.1 Å². The van der Waals surface area contributed by atoms with E-state index < -0.39 is 44.2 Å². The van der Waals surface area contributed by atoms with Gasteiger partial charge in [-0.05, 0) is 37.6 Å². The summed E-state index contributed by atoms with van der Waals surface area (Å²) in [5, 5.41) is 3.01. The molecular formula is C14H18ClF3N2O4S. The quantitative estimate of drug-likeness (QED) is 0.752. The van der Waals surface area contributed by atoms with Crippen LogP contribution in [0.5, 0.6) is 0 Å². The number of piperidine rings is 1. The molecule has 1 atom stereocenters. The van der Waals surface area contributed by atoms with Crippen LogP contribution in [0.25, 0.3) is 0 Å². The molecule has 0 aromatic heterocycles. The lowest BCUT2D eigenvalue weighted by Gasteiger charge is -2.24. The number of carbonyl (C=O) groups is 1. The molecule has 1 aliphatic heterocycles. The fourth-order valence-corrected chi connectivity index (χ4v) is 3.75. The molecule has 1 unspecified atom stereocenters. The second-order valence-electron chi connectivity index (χ2n) is 5.36. The molecule has 0 spiro atoms. The third kappa shape index (κ3) is 5.30. The number of alkyl halides is 3. The van der Waals surface area contributed by atoms with E-state index in [9.17, 15) is 26.4 Å². The molecular weight excluding hydrogens is 385 g/mol. The van der Waals surface area contributed by atoms with Gasteiger partial charge in [-0.15, -0.1) is 12.4 Å². The van der Waals surface area contributed by atoms with E-state index >= 15 is 0 Å². The van der Waals surface area contributed by atoms with Crippen LogP contribution >= 0.6 is 12.4 Å². The van der Waals surface area contributed by atoms with Crippen LogP contribution in [0.4, 0.5) is 13.2 Å². The predicted octanol–water partition coefficient (Wildman–Crippen LogP) is 1.94. The zero-order chi connectivity index (χ0) is 18.0. The molecule has 1 saturated heterocycles. The van der Waals surface area contributed by atoms with E-state index in [2.05, 4.69) is 14.8 Å². The highest BCUT2D eigenvalue weighted by Gasteiger charge is 2.37. The number of benzene rings is 1. The van der Waals surface area contributed by atoms with Crippen molar-refractivity contribution in [2.45, 2.75) is 30.0 Å². The Morgan fingerprint density at radius 2 is 2.04 bits per heavy atom. The number of rotatable bonds is 4. The van der Waals surface area contributed by atoms with Crippen molar-refractivity contribution in [2.75, 3.05) is 20.2 Å². The average molecular weight is 403 g/mol. The standard InChI is InChI=1S/C14H17F3N2O4S.ClH/c1-23-13(20)11-5-4-10(7-12(11)14(15,16)17)24(21,22)19-9-3-2-6-18-8-9;/h4-5,7,9,18-19H,2-3,6,8H2,1H3;1H. The molecule has 6 nitrogen and oxygen atoms in total. The monoisotopic (exact) mass is 402 g/mol. The second kappa shape index (κ2) is 8.35. The largest absolute Gasteiger partial charge is 0.465 e. The molecule has 1 aromatic carbocycles. The lowest BCUT2D eigenvalue weighted by Crippen LogP contribution is -2.45. The Morgan fingerprint density at radius 1 is 1.36 bits per heavy atom. The fourth-order valence-electron chi connectivity index (χ4n) is 2.45. The van der Waals surface area contributed by atoms with Gasteiger partial charge in [0, 0.05) is 12.6 Å². The number of carbonyl (C=O) groups excluding carboxylic acids is 1. The maximum absolute atomic E-state index is 13.1. The molecule has 0 radical (unpaired) electrons. The summed E-state index contributed by atoms with van der Waals surface area (Å²) >= 11 is 0. The summed E-state index contributed by atoms with van der Waals surface area (Å²) in [6.45, 7) is 1.18. The number of hydrogen-bond donors (Lipinski definition) is 2. The average Bonchev–Trinajstić information content (AvgIpc) is 2.53. The molecule has 25 heavy (non-hydrogen) atoms. The highest BCUT2D eigenvalue weighted by atomic mass is 35.5.